The lowest BCUT2D eigenvalue weighted by Gasteiger charge is -2.09. The number of methoxy groups -OCH3 is 1. The number of aryl methyl sites for hydroxylation is 2. The van der Waals surface area contributed by atoms with E-state index in [1.54, 1.807) is 12.1 Å². The first kappa shape index (κ1) is 25.3. The van der Waals surface area contributed by atoms with E-state index in [1.807, 2.05) is 12.1 Å². The van der Waals surface area contributed by atoms with Crippen molar-refractivity contribution >= 4 is 34.9 Å². The third-order valence-electron chi connectivity index (χ3n) is 5.56. The summed E-state index contributed by atoms with van der Waals surface area (Å²) in [6.07, 6.45) is 5.63. The molecule has 0 aromatic heterocycles. The molecule has 34 heavy (non-hydrogen) atoms. The van der Waals surface area contributed by atoms with E-state index in [0.717, 1.165) is 30.6 Å². The predicted molar refractivity (Wildman–Crippen MR) is 139 cm³/mol. The topological polar surface area (TPSA) is 67.4 Å². The Labute approximate surface area is 206 Å². The van der Waals surface area contributed by atoms with Crippen molar-refractivity contribution in [1.29, 1.82) is 0 Å². The molecular formula is C28H31ClN2O3. The van der Waals surface area contributed by atoms with E-state index < -0.39 is 5.97 Å². The smallest absolute Gasteiger partial charge is 0.339 e. The molecule has 0 spiro atoms. The maximum Gasteiger partial charge on any atom is 0.339 e. The Morgan fingerprint density at radius 2 is 1.53 bits per heavy atom. The fraction of sp³-hybridized carbons (Fsp3) is 0.286. The van der Waals surface area contributed by atoms with E-state index in [1.165, 1.54) is 31.6 Å². The number of anilines is 2. The van der Waals surface area contributed by atoms with Crippen molar-refractivity contribution in [1.82, 2.24) is 0 Å². The summed E-state index contributed by atoms with van der Waals surface area (Å²) in [5, 5.41) is 6.55. The van der Waals surface area contributed by atoms with Crippen LogP contribution in [0.25, 0.3) is 0 Å². The molecule has 3 rings (SSSR count). The Balaban J connectivity index is 1.35. The minimum atomic E-state index is -0.540. The number of unbranched alkanes of at least 4 members (excludes halogenated alkanes) is 2. The number of benzene rings is 3. The van der Waals surface area contributed by atoms with Crippen LogP contribution in [-0.4, -0.2) is 25.5 Å². The standard InChI is InChI=1S/C28H31ClN2O3/c1-34-28(33)25-20-24(16-17-26(25)29)31-27(32)18-13-22-11-14-23(15-12-22)30-19-7-3-6-10-21-8-4-2-5-9-21/h2,4-5,8-9,11-12,14-17,20,30H,3,6-7,10,13,18-19H2,1H3,(H,31,32). The van der Waals surface area contributed by atoms with Crippen LogP contribution in [0.1, 0.15) is 47.2 Å². The summed E-state index contributed by atoms with van der Waals surface area (Å²) in [4.78, 5) is 24.1. The van der Waals surface area contributed by atoms with Crippen LogP contribution in [0.15, 0.2) is 72.8 Å². The number of ether oxygens (including phenoxy) is 1. The molecule has 0 heterocycles. The molecule has 5 nitrogen and oxygen atoms in total. The molecule has 0 fully saturated rings. The Bertz CT molecular complexity index is 1070. The van der Waals surface area contributed by atoms with Crippen molar-refractivity contribution in [2.45, 2.75) is 38.5 Å². The average molecular weight is 479 g/mol. The minimum absolute atomic E-state index is 0.129. The summed E-state index contributed by atoms with van der Waals surface area (Å²) < 4.78 is 4.71. The van der Waals surface area contributed by atoms with Gasteiger partial charge in [0.15, 0.2) is 0 Å². The lowest BCUT2D eigenvalue weighted by Crippen LogP contribution is -2.13. The van der Waals surface area contributed by atoms with Gasteiger partial charge in [-0.15, -0.1) is 0 Å². The number of carbonyl (C=O) groups excluding carboxylic acids is 2. The Morgan fingerprint density at radius 3 is 2.26 bits per heavy atom. The zero-order valence-corrected chi connectivity index (χ0v) is 20.2. The van der Waals surface area contributed by atoms with Gasteiger partial charge in [-0.1, -0.05) is 60.5 Å². The summed E-state index contributed by atoms with van der Waals surface area (Å²) in [5.41, 5.74) is 4.32. The van der Waals surface area contributed by atoms with Crippen molar-refractivity contribution < 1.29 is 14.3 Å². The van der Waals surface area contributed by atoms with Crippen LogP contribution in [0.2, 0.25) is 5.02 Å². The quantitative estimate of drug-likeness (QED) is 0.229. The molecular weight excluding hydrogens is 448 g/mol. The highest BCUT2D eigenvalue weighted by atomic mass is 35.5. The molecule has 3 aromatic carbocycles. The second-order valence-electron chi connectivity index (χ2n) is 8.15. The van der Waals surface area contributed by atoms with Gasteiger partial charge in [0.25, 0.3) is 0 Å². The van der Waals surface area contributed by atoms with Gasteiger partial charge in [0.2, 0.25) is 5.91 Å². The monoisotopic (exact) mass is 478 g/mol. The lowest BCUT2D eigenvalue weighted by atomic mass is 10.1. The van der Waals surface area contributed by atoms with Gasteiger partial charge in [-0.2, -0.15) is 0 Å². The number of rotatable bonds is 12. The van der Waals surface area contributed by atoms with Crippen LogP contribution in [0.3, 0.4) is 0 Å². The number of amides is 1. The van der Waals surface area contributed by atoms with E-state index in [-0.39, 0.29) is 16.5 Å². The molecule has 0 atom stereocenters. The van der Waals surface area contributed by atoms with Crippen molar-refractivity contribution in [3.8, 4) is 0 Å². The number of halogens is 1. The first-order valence-electron chi connectivity index (χ1n) is 11.6. The third kappa shape index (κ3) is 8.23. The van der Waals surface area contributed by atoms with Crippen molar-refractivity contribution in [2.75, 3.05) is 24.3 Å². The third-order valence-corrected chi connectivity index (χ3v) is 5.89. The number of carbonyl (C=O) groups is 2. The fourth-order valence-corrected chi connectivity index (χ4v) is 3.84. The number of esters is 1. The molecule has 0 bridgehead atoms. The molecule has 0 aliphatic rings. The maximum atomic E-state index is 12.3. The first-order chi connectivity index (χ1) is 16.5. The Kier molecular flexibility index (Phi) is 9.98. The van der Waals surface area contributed by atoms with Crippen LogP contribution >= 0.6 is 11.6 Å². The van der Waals surface area contributed by atoms with E-state index in [9.17, 15) is 9.59 Å². The molecule has 0 aliphatic carbocycles. The van der Waals surface area contributed by atoms with Gasteiger partial charge in [0, 0.05) is 24.3 Å². The van der Waals surface area contributed by atoms with E-state index in [0.29, 0.717) is 18.5 Å². The highest BCUT2D eigenvalue weighted by Gasteiger charge is 2.12. The summed E-state index contributed by atoms with van der Waals surface area (Å²) >= 11 is 6.02. The van der Waals surface area contributed by atoms with Crippen molar-refractivity contribution in [2.24, 2.45) is 0 Å². The SMILES string of the molecule is COC(=O)c1cc(NC(=O)CCc2ccc(NCCCCCc3ccccc3)cc2)ccc1Cl. The molecule has 0 unspecified atom stereocenters. The number of nitrogens with one attached hydrogen (secondary N) is 2. The van der Waals surface area contributed by atoms with Crippen LogP contribution in [-0.2, 0) is 22.4 Å². The molecule has 0 saturated carbocycles. The molecule has 0 aliphatic heterocycles. The Morgan fingerprint density at radius 1 is 0.824 bits per heavy atom. The molecule has 6 heteroatoms. The van der Waals surface area contributed by atoms with Gasteiger partial charge in [-0.3, -0.25) is 4.79 Å². The number of hydrogen-bond acceptors (Lipinski definition) is 4. The van der Waals surface area contributed by atoms with Gasteiger partial charge in [-0.05, 0) is 67.1 Å². The summed E-state index contributed by atoms with van der Waals surface area (Å²) in [7, 11) is 1.29. The Hall–Kier alpha value is -3.31. The average Bonchev–Trinajstić information content (AvgIpc) is 2.87. The first-order valence-corrected chi connectivity index (χ1v) is 12.0. The van der Waals surface area contributed by atoms with Crippen molar-refractivity contribution in [3.63, 3.8) is 0 Å². The molecule has 1 amide bonds. The van der Waals surface area contributed by atoms with Crippen LogP contribution in [0, 0.1) is 0 Å². The normalized spacial score (nSPS) is 10.5. The van der Waals surface area contributed by atoms with Gasteiger partial charge < -0.3 is 15.4 Å². The zero-order valence-electron chi connectivity index (χ0n) is 19.5. The number of hydrogen-bond donors (Lipinski definition) is 2. The van der Waals surface area contributed by atoms with Gasteiger partial charge in [0.1, 0.15) is 0 Å². The lowest BCUT2D eigenvalue weighted by molar-refractivity contribution is -0.116. The van der Waals surface area contributed by atoms with Gasteiger partial charge in [0.05, 0.1) is 17.7 Å². The maximum absolute atomic E-state index is 12.3. The van der Waals surface area contributed by atoms with Crippen LogP contribution in [0.5, 0.6) is 0 Å². The van der Waals surface area contributed by atoms with Crippen LogP contribution < -0.4 is 10.6 Å². The van der Waals surface area contributed by atoms with Gasteiger partial charge >= 0.3 is 5.97 Å². The fourth-order valence-electron chi connectivity index (χ4n) is 3.65. The molecule has 0 radical (unpaired) electrons. The predicted octanol–water partition coefficient (Wildman–Crippen LogP) is 6.52. The van der Waals surface area contributed by atoms with E-state index in [2.05, 4.69) is 53.1 Å². The second kappa shape index (κ2) is 13.4. The zero-order chi connectivity index (χ0) is 24.2. The minimum Gasteiger partial charge on any atom is -0.465 e. The molecule has 2 N–H and O–H groups in total. The molecule has 0 saturated heterocycles. The molecule has 178 valence electrons. The largest absolute Gasteiger partial charge is 0.465 e. The second-order valence-corrected chi connectivity index (χ2v) is 8.56. The molecule has 3 aromatic rings. The van der Waals surface area contributed by atoms with Crippen LogP contribution in [0.4, 0.5) is 11.4 Å². The van der Waals surface area contributed by atoms with Gasteiger partial charge in [-0.25, -0.2) is 4.79 Å². The summed E-state index contributed by atoms with van der Waals surface area (Å²) in [6.45, 7) is 0.950. The van der Waals surface area contributed by atoms with Crippen molar-refractivity contribution in [3.05, 3.63) is 94.5 Å². The highest BCUT2D eigenvalue weighted by molar-refractivity contribution is 6.33. The van der Waals surface area contributed by atoms with E-state index >= 15 is 0 Å². The highest BCUT2D eigenvalue weighted by Crippen LogP contribution is 2.22. The summed E-state index contributed by atoms with van der Waals surface area (Å²) in [5.74, 6) is -0.669. The summed E-state index contributed by atoms with van der Waals surface area (Å²) in [6, 6.07) is 23.6. The van der Waals surface area contributed by atoms with E-state index in [4.69, 9.17) is 16.3 Å².